The number of nitrogens with zero attached hydrogens (tertiary/aromatic N) is 1. The highest BCUT2D eigenvalue weighted by Crippen LogP contribution is 2.43. The van der Waals surface area contributed by atoms with Gasteiger partial charge >= 0.3 is 13.8 Å². The van der Waals surface area contributed by atoms with Crippen LogP contribution in [0.1, 0.15) is 278 Å². The molecule has 0 saturated carbocycles. The van der Waals surface area contributed by atoms with Crippen molar-refractivity contribution in [3.05, 3.63) is 109 Å². The number of phosphoric ester groups is 1. The second-order valence-corrected chi connectivity index (χ2v) is 24.7. The molecule has 3 unspecified atom stereocenters. The van der Waals surface area contributed by atoms with Gasteiger partial charge in [0.15, 0.2) is 0 Å². The maximum atomic E-state index is 13.6. The number of nitrogens with one attached hydrogen (secondary N) is 1. The van der Waals surface area contributed by atoms with Crippen LogP contribution in [0.3, 0.4) is 0 Å². The zero-order valence-electron chi connectivity index (χ0n) is 53.2. The minimum atomic E-state index is -4.47. The van der Waals surface area contributed by atoms with Crippen LogP contribution in [0.5, 0.6) is 0 Å². The maximum absolute atomic E-state index is 13.6. The van der Waals surface area contributed by atoms with Crippen LogP contribution >= 0.6 is 7.82 Å². The lowest BCUT2D eigenvalue weighted by molar-refractivity contribution is -0.870. The van der Waals surface area contributed by atoms with E-state index in [2.05, 4.69) is 123 Å². The first kappa shape index (κ1) is 77.7. The Balaban J connectivity index is 5.28. The molecule has 0 radical (unpaired) electrons. The summed E-state index contributed by atoms with van der Waals surface area (Å²) in [6.07, 6.45) is 82.3. The molecule has 1 amide bonds. The topological polar surface area (TPSA) is 111 Å². The number of amides is 1. The molecule has 0 saturated heterocycles. The van der Waals surface area contributed by atoms with Crippen LogP contribution in [-0.2, 0) is 27.9 Å². The van der Waals surface area contributed by atoms with Crippen molar-refractivity contribution in [3.8, 4) is 0 Å². The van der Waals surface area contributed by atoms with Gasteiger partial charge in [0.1, 0.15) is 19.3 Å². The molecule has 466 valence electrons. The van der Waals surface area contributed by atoms with Gasteiger partial charge in [-0.25, -0.2) is 4.57 Å². The SMILES string of the molecule is CC/C=C\C/C=C\C/C=C\C/C=C\C/C=C\C/C=C\CCCCCCC(=O)NC(COP(=O)(O)OCC[N+](C)(C)C)C(/C=C\CCCCCCCCCCCCC)OC(=O)CCCCCCCCCCC/C=C\C/C=C\CCCCC. The van der Waals surface area contributed by atoms with E-state index in [9.17, 15) is 19.0 Å². The van der Waals surface area contributed by atoms with Crippen LogP contribution in [0.15, 0.2) is 109 Å². The molecule has 0 bridgehead atoms. The third-order valence-electron chi connectivity index (χ3n) is 14.2. The lowest BCUT2D eigenvalue weighted by atomic mass is 10.0. The molecule has 2 N–H and O–H groups in total. The summed E-state index contributed by atoms with van der Waals surface area (Å²) in [7, 11) is 1.46. The molecule has 0 spiro atoms. The van der Waals surface area contributed by atoms with Crippen LogP contribution in [0.25, 0.3) is 0 Å². The van der Waals surface area contributed by atoms with Gasteiger partial charge in [-0.15, -0.1) is 0 Å². The molecule has 3 atom stereocenters. The van der Waals surface area contributed by atoms with Crippen molar-refractivity contribution < 1.29 is 37.3 Å². The highest BCUT2D eigenvalue weighted by Gasteiger charge is 2.30. The fourth-order valence-corrected chi connectivity index (χ4v) is 9.83. The van der Waals surface area contributed by atoms with Crippen molar-refractivity contribution >= 4 is 19.7 Å². The average molecular weight is 1150 g/mol. The van der Waals surface area contributed by atoms with Gasteiger partial charge in [-0.3, -0.25) is 18.6 Å². The van der Waals surface area contributed by atoms with Crippen molar-refractivity contribution in [1.29, 1.82) is 0 Å². The van der Waals surface area contributed by atoms with E-state index in [0.29, 0.717) is 23.9 Å². The minimum absolute atomic E-state index is 0.0290. The Kier molecular flexibility index (Phi) is 57.4. The van der Waals surface area contributed by atoms with Gasteiger partial charge in [0.05, 0.1) is 33.8 Å². The summed E-state index contributed by atoms with van der Waals surface area (Å²) in [6, 6.07) is -0.871. The lowest BCUT2D eigenvalue weighted by Gasteiger charge is -2.27. The molecule has 0 aliphatic carbocycles. The number of phosphoric acid groups is 1. The highest BCUT2D eigenvalue weighted by molar-refractivity contribution is 7.47. The first-order valence-corrected chi connectivity index (χ1v) is 34.7. The summed E-state index contributed by atoms with van der Waals surface area (Å²) in [6.45, 7) is 6.86. The third kappa shape index (κ3) is 61.1. The van der Waals surface area contributed by atoms with Crippen LogP contribution in [0.4, 0.5) is 0 Å². The normalized spacial score (nSPS) is 14.3. The van der Waals surface area contributed by atoms with E-state index in [-0.39, 0.29) is 31.5 Å². The number of hydrogen-bond donors (Lipinski definition) is 2. The molecule has 0 rings (SSSR count). The minimum Gasteiger partial charge on any atom is -0.456 e. The second-order valence-electron chi connectivity index (χ2n) is 23.3. The van der Waals surface area contributed by atoms with E-state index in [4.69, 9.17) is 13.8 Å². The second kappa shape index (κ2) is 59.8. The molecule has 0 aromatic rings. The Morgan fingerprint density at radius 1 is 0.444 bits per heavy atom. The van der Waals surface area contributed by atoms with E-state index in [0.717, 1.165) is 122 Å². The molecule has 0 aromatic heterocycles. The smallest absolute Gasteiger partial charge is 0.456 e. The number of carbonyl (C=O) groups excluding carboxylic acids is 2. The highest BCUT2D eigenvalue weighted by atomic mass is 31.2. The molecule has 0 heterocycles. The molecule has 0 aromatic carbocycles. The first-order chi connectivity index (χ1) is 39.4. The largest absolute Gasteiger partial charge is 0.472 e. The predicted molar refractivity (Wildman–Crippen MR) is 350 cm³/mol. The van der Waals surface area contributed by atoms with Gasteiger partial charge in [0.25, 0.3) is 0 Å². The number of quaternary nitrogens is 1. The number of allylic oxidation sites excluding steroid dienone is 17. The summed E-state index contributed by atoms with van der Waals surface area (Å²) in [5.41, 5.74) is 0. The van der Waals surface area contributed by atoms with E-state index < -0.39 is 20.0 Å². The van der Waals surface area contributed by atoms with Crippen molar-refractivity contribution in [2.45, 2.75) is 290 Å². The van der Waals surface area contributed by atoms with E-state index in [1.807, 2.05) is 33.3 Å². The van der Waals surface area contributed by atoms with Crippen LogP contribution in [-0.4, -0.2) is 74.3 Å². The van der Waals surface area contributed by atoms with Crippen molar-refractivity contribution in [2.75, 3.05) is 40.9 Å². The summed E-state index contributed by atoms with van der Waals surface area (Å²) >= 11 is 0. The average Bonchev–Trinajstić information content (AvgIpc) is 3.44. The summed E-state index contributed by atoms with van der Waals surface area (Å²) in [4.78, 5) is 37.8. The third-order valence-corrected chi connectivity index (χ3v) is 15.2. The van der Waals surface area contributed by atoms with Crippen LogP contribution < -0.4 is 5.32 Å². The van der Waals surface area contributed by atoms with Crippen molar-refractivity contribution in [1.82, 2.24) is 5.32 Å². The number of unbranched alkanes of at least 4 members (excludes halogenated alkanes) is 27. The number of ether oxygens (including phenoxy) is 1. The van der Waals surface area contributed by atoms with E-state index >= 15 is 0 Å². The van der Waals surface area contributed by atoms with Crippen molar-refractivity contribution in [3.63, 3.8) is 0 Å². The molecular formula is C71H126N2O7P+. The number of esters is 1. The standard InChI is InChI=1S/C71H125N2O7P/c1-7-10-13-16-19-22-25-28-30-32-34-35-36-37-39-40-42-45-48-51-54-57-60-63-70(74)72-68(67-79-81(76,77)78-66-65-73(4,5)6)69(62-59-56-53-50-47-44-27-24-21-18-15-12-9-3)80-71(75)64-61-58-55-52-49-46-43-41-38-33-31-29-26-23-20-17-14-11-8-2/h10,13,19-20,22-23,28-31,34-35,37,39,42,45,59,62,68-69H,7-9,11-12,14-18,21,24-27,32-33,36,38,40-41,43-44,46-58,60-61,63-67H2,1-6H3,(H-,72,74,76,77)/p+1/b13-10-,22-19-,23-20-,30-28-,31-29-,35-34-,39-37-,45-42-,62-59-. The molecule has 10 heteroatoms. The number of carbonyl (C=O) groups is 2. The Labute approximate surface area is 500 Å². The molecule has 0 fully saturated rings. The van der Waals surface area contributed by atoms with Gasteiger partial charge in [0, 0.05) is 12.8 Å². The van der Waals surface area contributed by atoms with Crippen LogP contribution in [0.2, 0.25) is 0 Å². The van der Waals surface area contributed by atoms with Gasteiger partial charge in [-0.2, -0.15) is 0 Å². The monoisotopic (exact) mass is 1150 g/mol. The lowest BCUT2D eigenvalue weighted by Crippen LogP contribution is -2.47. The summed E-state index contributed by atoms with van der Waals surface area (Å²) in [5, 5.41) is 3.05. The molecule has 9 nitrogen and oxygen atoms in total. The Morgan fingerprint density at radius 3 is 1.21 bits per heavy atom. The zero-order valence-corrected chi connectivity index (χ0v) is 54.1. The number of likely N-dealkylation sites (N-methyl/N-ethyl adjacent to an activating group) is 1. The van der Waals surface area contributed by atoms with E-state index in [1.54, 1.807) is 0 Å². The van der Waals surface area contributed by atoms with Crippen LogP contribution in [0, 0.1) is 0 Å². The number of rotatable bonds is 59. The fraction of sp³-hybridized carbons (Fsp3) is 0.718. The van der Waals surface area contributed by atoms with Gasteiger partial charge in [-0.05, 0) is 115 Å². The zero-order chi connectivity index (χ0) is 59.3. The first-order valence-electron chi connectivity index (χ1n) is 33.2. The summed E-state index contributed by atoms with van der Waals surface area (Å²) < 4.78 is 30.8. The van der Waals surface area contributed by atoms with Gasteiger partial charge < -0.3 is 19.4 Å². The molecular weight excluding hydrogens is 1020 g/mol. The van der Waals surface area contributed by atoms with E-state index in [1.165, 1.54) is 116 Å². The Morgan fingerprint density at radius 2 is 0.790 bits per heavy atom. The molecule has 0 aliphatic rings. The maximum Gasteiger partial charge on any atom is 0.472 e. The quantitative estimate of drug-likeness (QED) is 0.0205. The number of hydrogen-bond acceptors (Lipinski definition) is 6. The fourth-order valence-electron chi connectivity index (χ4n) is 9.09. The molecule has 81 heavy (non-hydrogen) atoms. The Hall–Kier alpha value is -3.33. The molecule has 0 aliphatic heterocycles. The predicted octanol–water partition coefficient (Wildman–Crippen LogP) is 20.9. The van der Waals surface area contributed by atoms with Gasteiger partial charge in [0.2, 0.25) is 5.91 Å². The van der Waals surface area contributed by atoms with Gasteiger partial charge in [-0.1, -0.05) is 259 Å². The summed E-state index contributed by atoms with van der Waals surface area (Å²) in [5.74, 6) is -0.540. The van der Waals surface area contributed by atoms with Crippen molar-refractivity contribution in [2.24, 2.45) is 0 Å². The Bertz CT molecular complexity index is 1750.